The van der Waals surface area contributed by atoms with E-state index in [0.717, 1.165) is 21.5 Å². The van der Waals surface area contributed by atoms with Gasteiger partial charge in [-0.05, 0) is 71.3 Å². The van der Waals surface area contributed by atoms with Crippen LogP contribution in [0.5, 0.6) is 0 Å². The van der Waals surface area contributed by atoms with Gasteiger partial charge >= 0.3 is 0 Å². The Morgan fingerprint density at radius 2 is 1.88 bits per heavy atom. The summed E-state index contributed by atoms with van der Waals surface area (Å²) in [5.74, 6) is -1.46. The molecular weight excluding hydrogens is 567 g/mol. The first kappa shape index (κ1) is 25.8. The fourth-order valence-electron chi connectivity index (χ4n) is 3.71. The maximum Gasteiger partial charge on any atom is 0.242 e. The van der Waals surface area contributed by atoms with Gasteiger partial charge in [-0.15, -0.1) is 0 Å². The number of nitrogens with zero attached hydrogens (tertiary/aromatic N) is 1. The molecule has 0 aromatic heterocycles. The van der Waals surface area contributed by atoms with Crippen molar-refractivity contribution < 1.29 is 27.0 Å². The van der Waals surface area contributed by atoms with Crippen molar-refractivity contribution in [3.05, 3.63) is 80.8 Å². The summed E-state index contributed by atoms with van der Waals surface area (Å²) in [5.41, 5.74) is 1.93. The number of hydrogen-bond acceptors (Lipinski definition) is 6. The highest BCUT2D eigenvalue weighted by atomic mass is 127. The Balaban J connectivity index is 1.81. The van der Waals surface area contributed by atoms with E-state index in [1.807, 2.05) is 24.3 Å². The molecule has 180 valence electrons. The lowest BCUT2D eigenvalue weighted by Crippen LogP contribution is -2.55. The summed E-state index contributed by atoms with van der Waals surface area (Å²) in [6.07, 6.45) is 0.325. The van der Waals surface area contributed by atoms with Crippen molar-refractivity contribution in [1.29, 1.82) is 0 Å². The van der Waals surface area contributed by atoms with Gasteiger partial charge in [-0.1, -0.05) is 12.1 Å². The van der Waals surface area contributed by atoms with Crippen molar-refractivity contribution in [3.8, 4) is 0 Å². The van der Waals surface area contributed by atoms with E-state index in [1.54, 1.807) is 11.8 Å². The second-order valence-electron chi connectivity index (χ2n) is 7.92. The Labute approximate surface area is 206 Å². The van der Waals surface area contributed by atoms with Crippen molar-refractivity contribution >= 4 is 32.6 Å². The van der Waals surface area contributed by atoms with Gasteiger partial charge in [0.2, 0.25) is 16.4 Å². The fraction of sp³-hybridized carbons (Fsp3) is 0.364. The minimum absolute atomic E-state index is 0.0528. The van der Waals surface area contributed by atoms with Crippen LogP contribution >= 0.6 is 22.6 Å². The average Bonchev–Trinajstić information content (AvgIpc) is 3.03. The molecule has 0 amide bonds. The van der Waals surface area contributed by atoms with Crippen LogP contribution in [0.2, 0.25) is 0 Å². The number of aliphatic hydroxyl groups excluding tert-OH is 1. The van der Waals surface area contributed by atoms with Crippen molar-refractivity contribution in [3.63, 3.8) is 0 Å². The monoisotopic (exact) mass is 593 g/mol. The minimum atomic E-state index is -3.63. The first-order chi connectivity index (χ1) is 15.5. The van der Waals surface area contributed by atoms with Gasteiger partial charge in [0.05, 0.1) is 18.4 Å². The standard InChI is InChI=1S/C22H26F2IN3O4S/c1-14-13-32-22(27-33(2,30)31)28(14)20(9-16-6-17(23)10-18(24)7-16)21(29)12-26-11-15-4-3-5-19(25)8-15/h3-8,10,13,20-22,26-27,29H,9,11-12H2,1-2H3/t20-,21+,22?/m0/s1. The number of sulfonamides is 1. The molecule has 3 N–H and O–H groups in total. The summed E-state index contributed by atoms with van der Waals surface area (Å²) in [6, 6.07) is 10.3. The topological polar surface area (TPSA) is 90.9 Å². The molecule has 1 aliphatic heterocycles. The molecule has 1 aliphatic rings. The van der Waals surface area contributed by atoms with Crippen molar-refractivity contribution in [1.82, 2.24) is 14.9 Å². The van der Waals surface area contributed by atoms with Gasteiger partial charge in [0, 0.05) is 28.4 Å². The van der Waals surface area contributed by atoms with E-state index in [1.165, 1.54) is 18.4 Å². The molecule has 1 unspecified atom stereocenters. The molecule has 7 nitrogen and oxygen atoms in total. The third-order valence-corrected chi connectivity index (χ3v) is 6.38. The van der Waals surface area contributed by atoms with Crippen LogP contribution in [-0.2, 0) is 27.7 Å². The van der Waals surface area contributed by atoms with Crippen molar-refractivity contribution in [2.75, 3.05) is 12.8 Å². The van der Waals surface area contributed by atoms with Crippen LogP contribution in [0.3, 0.4) is 0 Å². The molecule has 0 radical (unpaired) electrons. The number of aliphatic hydroxyl groups is 1. The zero-order chi connectivity index (χ0) is 24.2. The lowest BCUT2D eigenvalue weighted by Gasteiger charge is -2.37. The van der Waals surface area contributed by atoms with Crippen LogP contribution < -0.4 is 10.0 Å². The van der Waals surface area contributed by atoms with Gasteiger partial charge in [-0.2, -0.15) is 4.72 Å². The number of nitrogens with one attached hydrogen (secondary N) is 2. The van der Waals surface area contributed by atoms with Gasteiger partial charge in [-0.25, -0.2) is 17.2 Å². The van der Waals surface area contributed by atoms with Gasteiger partial charge in [0.1, 0.15) is 17.9 Å². The summed E-state index contributed by atoms with van der Waals surface area (Å²) in [6.45, 7) is 2.37. The van der Waals surface area contributed by atoms with E-state index in [9.17, 15) is 22.3 Å². The Morgan fingerprint density at radius 3 is 2.52 bits per heavy atom. The molecule has 2 aromatic carbocycles. The molecule has 2 aromatic rings. The van der Waals surface area contributed by atoms with Crippen LogP contribution in [0.15, 0.2) is 54.4 Å². The first-order valence-corrected chi connectivity index (χ1v) is 13.1. The zero-order valence-electron chi connectivity index (χ0n) is 18.1. The van der Waals surface area contributed by atoms with Gasteiger partial charge in [0.15, 0.2) is 0 Å². The Kier molecular flexibility index (Phi) is 8.67. The summed E-state index contributed by atoms with van der Waals surface area (Å²) in [5, 5.41) is 14.3. The quantitative estimate of drug-likeness (QED) is 0.368. The lowest BCUT2D eigenvalue weighted by molar-refractivity contribution is -0.0239. The van der Waals surface area contributed by atoms with Crippen LogP contribution in [0, 0.1) is 15.2 Å². The highest BCUT2D eigenvalue weighted by Gasteiger charge is 2.37. The van der Waals surface area contributed by atoms with E-state index < -0.39 is 40.2 Å². The molecular formula is C22H26F2IN3O4S. The minimum Gasteiger partial charge on any atom is -0.462 e. The third kappa shape index (κ3) is 7.60. The predicted molar refractivity (Wildman–Crippen MR) is 129 cm³/mol. The average molecular weight is 593 g/mol. The van der Waals surface area contributed by atoms with E-state index in [2.05, 4.69) is 32.6 Å². The smallest absolute Gasteiger partial charge is 0.242 e. The van der Waals surface area contributed by atoms with Gasteiger partial charge < -0.3 is 20.1 Å². The van der Waals surface area contributed by atoms with E-state index in [4.69, 9.17) is 4.74 Å². The van der Waals surface area contributed by atoms with E-state index >= 15 is 0 Å². The predicted octanol–water partition coefficient (Wildman–Crippen LogP) is 2.66. The summed E-state index contributed by atoms with van der Waals surface area (Å²) >= 11 is 2.22. The maximum atomic E-state index is 13.8. The molecule has 0 saturated carbocycles. The number of ether oxygens (including phenoxy) is 1. The Bertz CT molecular complexity index is 1100. The molecule has 0 saturated heterocycles. The SMILES string of the molecule is CC1=COC(NS(C)(=O)=O)N1[C@@H](Cc1cc(F)cc(F)c1)[C@H](O)CNCc1cccc(I)c1. The fourth-order valence-corrected chi connectivity index (χ4v) is 4.86. The number of hydrogen-bond donors (Lipinski definition) is 3. The van der Waals surface area contributed by atoms with Crippen molar-refractivity contribution in [2.45, 2.75) is 38.4 Å². The molecule has 3 atom stereocenters. The second-order valence-corrected chi connectivity index (χ2v) is 10.9. The first-order valence-electron chi connectivity index (χ1n) is 10.2. The molecule has 0 aliphatic carbocycles. The normalized spacial score (nSPS) is 18.1. The van der Waals surface area contributed by atoms with Crippen LogP contribution in [0.25, 0.3) is 0 Å². The van der Waals surface area contributed by atoms with Crippen LogP contribution in [0.1, 0.15) is 18.1 Å². The Hall–Kier alpha value is -1.80. The van der Waals surface area contributed by atoms with Crippen LogP contribution in [-0.4, -0.2) is 49.7 Å². The van der Waals surface area contributed by atoms with E-state index in [0.29, 0.717) is 17.8 Å². The summed E-state index contributed by atoms with van der Waals surface area (Å²) in [7, 11) is -3.63. The number of rotatable bonds is 10. The summed E-state index contributed by atoms with van der Waals surface area (Å²) < 4.78 is 60.1. The Morgan fingerprint density at radius 1 is 1.18 bits per heavy atom. The molecule has 1 heterocycles. The molecule has 33 heavy (non-hydrogen) atoms. The molecule has 3 rings (SSSR count). The van der Waals surface area contributed by atoms with Gasteiger partial charge in [-0.3, -0.25) is 0 Å². The largest absolute Gasteiger partial charge is 0.462 e. The third-order valence-electron chi connectivity index (χ3n) is 5.08. The number of allylic oxidation sites excluding steroid dienone is 1. The zero-order valence-corrected chi connectivity index (χ0v) is 21.1. The molecule has 11 heteroatoms. The van der Waals surface area contributed by atoms with Crippen LogP contribution in [0.4, 0.5) is 8.78 Å². The maximum absolute atomic E-state index is 13.8. The van der Waals surface area contributed by atoms with E-state index in [-0.39, 0.29) is 13.0 Å². The molecule has 0 fully saturated rings. The highest BCUT2D eigenvalue weighted by Crippen LogP contribution is 2.26. The van der Waals surface area contributed by atoms with Crippen molar-refractivity contribution in [2.24, 2.45) is 0 Å². The number of halogens is 3. The highest BCUT2D eigenvalue weighted by molar-refractivity contribution is 14.1. The number of benzene rings is 2. The van der Waals surface area contributed by atoms with Gasteiger partial charge in [0.25, 0.3) is 0 Å². The molecule has 0 spiro atoms. The second kappa shape index (κ2) is 11.1. The molecule has 0 bridgehead atoms. The summed E-state index contributed by atoms with van der Waals surface area (Å²) in [4.78, 5) is 1.57. The lowest BCUT2D eigenvalue weighted by atomic mass is 9.98.